The Labute approximate surface area is 169 Å². The predicted molar refractivity (Wildman–Crippen MR) is 112 cm³/mol. The lowest BCUT2D eigenvalue weighted by Gasteiger charge is -2.35. The number of anilines is 2. The summed E-state index contributed by atoms with van der Waals surface area (Å²) in [5.74, 6) is 0.239. The third kappa shape index (κ3) is 4.49. The Morgan fingerprint density at radius 3 is 2.64 bits per heavy atom. The standard InChI is InChI=1S/C20H25FN4O2S/c1-4-15-13-17(19(27-3)22-14(15)2)23-28-20(26)25-11-9-24(10-12-25)18-8-6-5-7-16(18)21/h5-8,13,23H,4,9-12H2,1-3H3. The van der Waals surface area contributed by atoms with Crippen molar-refractivity contribution in [1.29, 1.82) is 0 Å². The van der Waals surface area contributed by atoms with E-state index in [1.54, 1.807) is 24.1 Å². The molecule has 2 aromatic rings. The van der Waals surface area contributed by atoms with Crippen LogP contribution in [0.25, 0.3) is 0 Å². The van der Waals surface area contributed by atoms with Gasteiger partial charge in [0, 0.05) is 43.8 Å². The molecule has 0 radical (unpaired) electrons. The molecule has 0 bridgehead atoms. The van der Waals surface area contributed by atoms with E-state index in [2.05, 4.69) is 16.6 Å². The maximum atomic E-state index is 13.9. The summed E-state index contributed by atoms with van der Waals surface area (Å²) in [6.45, 7) is 6.30. The molecule has 6 nitrogen and oxygen atoms in total. The number of nitrogens with zero attached hydrogens (tertiary/aromatic N) is 3. The van der Waals surface area contributed by atoms with Gasteiger partial charge >= 0.3 is 5.24 Å². The number of benzene rings is 1. The SMILES string of the molecule is CCc1cc(NSC(=O)N2CCN(c3ccccc3F)CC2)c(OC)nc1C. The second-order valence-corrected chi connectivity index (χ2v) is 7.30. The summed E-state index contributed by atoms with van der Waals surface area (Å²) in [7, 11) is 1.56. The first kappa shape index (κ1) is 20.3. The molecule has 2 heterocycles. The Hall–Kier alpha value is -2.48. The summed E-state index contributed by atoms with van der Waals surface area (Å²) in [5.41, 5.74) is 3.30. The number of para-hydroxylation sites is 1. The van der Waals surface area contributed by atoms with Crippen LogP contribution in [0.2, 0.25) is 0 Å². The zero-order valence-electron chi connectivity index (χ0n) is 16.4. The molecular formula is C20H25FN4O2S. The molecule has 1 aliphatic heterocycles. The molecule has 0 spiro atoms. The highest BCUT2D eigenvalue weighted by molar-refractivity contribution is 8.14. The van der Waals surface area contributed by atoms with Crippen molar-refractivity contribution in [1.82, 2.24) is 9.88 Å². The number of aromatic nitrogens is 1. The first-order chi connectivity index (χ1) is 13.5. The maximum Gasteiger partial charge on any atom is 0.302 e. The van der Waals surface area contributed by atoms with Crippen LogP contribution in [0.5, 0.6) is 5.88 Å². The Kier molecular flexibility index (Phi) is 6.61. The van der Waals surface area contributed by atoms with E-state index in [0.29, 0.717) is 43.4 Å². The van der Waals surface area contributed by atoms with Crippen molar-refractivity contribution in [3.8, 4) is 5.88 Å². The molecule has 1 aromatic heterocycles. The molecule has 150 valence electrons. The van der Waals surface area contributed by atoms with E-state index in [4.69, 9.17) is 4.74 Å². The number of hydrogen-bond acceptors (Lipinski definition) is 6. The molecule has 28 heavy (non-hydrogen) atoms. The van der Waals surface area contributed by atoms with Gasteiger partial charge in [0.25, 0.3) is 0 Å². The number of halogens is 1. The average Bonchev–Trinajstić information content (AvgIpc) is 2.72. The van der Waals surface area contributed by atoms with Gasteiger partial charge in [0.05, 0.1) is 12.8 Å². The largest absolute Gasteiger partial charge is 0.479 e. The fourth-order valence-electron chi connectivity index (χ4n) is 3.21. The van der Waals surface area contributed by atoms with Crippen LogP contribution >= 0.6 is 11.9 Å². The van der Waals surface area contributed by atoms with E-state index >= 15 is 0 Å². The van der Waals surface area contributed by atoms with E-state index < -0.39 is 0 Å². The van der Waals surface area contributed by atoms with Gasteiger partial charge in [0.15, 0.2) is 0 Å². The lowest BCUT2D eigenvalue weighted by molar-refractivity contribution is 0.219. The number of ether oxygens (including phenoxy) is 1. The van der Waals surface area contributed by atoms with Gasteiger partial charge in [0.2, 0.25) is 5.88 Å². The van der Waals surface area contributed by atoms with Crippen molar-refractivity contribution in [2.24, 2.45) is 0 Å². The summed E-state index contributed by atoms with van der Waals surface area (Å²) in [6.07, 6.45) is 0.855. The first-order valence-corrected chi connectivity index (χ1v) is 10.1. The van der Waals surface area contributed by atoms with Gasteiger partial charge in [0.1, 0.15) is 11.5 Å². The van der Waals surface area contributed by atoms with Gasteiger partial charge in [-0.25, -0.2) is 9.37 Å². The molecule has 0 saturated carbocycles. The second-order valence-electron chi connectivity index (χ2n) is 6.54. The fraction of sp³-hybridized carbons (Fsp3) is 0.400. The van der Waals surface area contributed by atoms with Crippen molar-refractivity contribution >= 4 is 28.6 Å². The third-order valence-electron chi connectivity index (χ3n) is 4.84. The van der Waals surface area contributed by atoms with Crippen LogP contribution in [-0.2, 0) is 6.42 Å². The van der Waals surface area contributed by atoms with Crippen LogP contribution < -0.4 is 14.4 Å². The van der Waals surface area contributed by atoms with Crippen LogP contribution in [0.3, 0.4) is 0 Å². The molecule has 1 aliphatic rings. The van der Waals surface area contributed by atoms with E-state index in [9.17, 15) is 9.18 Å². The lowest BCUT2D eigenvalue weighted by Crippen LogP contribution is -2.48. The monoisotopic (exact) mass is 404 g/mol. The first-order valence-electron chi connectivity index (χ1n) is 9.29. The minimum absolute atomic E-state index is 0.0751. The summed E-state index contributed by atoms with van der Waals surface area (Å²) >= 11 is 1.02. The number of methoxy groups -OCH3 is 1. The molecule has 3 rings (SSSR count). The van der Waals surface area contributed by atoms with Crippen LogP contribution in [0, 0.1) is 12.7 Å². The number of hydrogen-bond donors (Lipinski definition) is 1. The minimum Gasteiger partial charge on any atom is -0.479 e. The van der Waals surface area contributed by atoms with Crippen molar-refractivity contribution in [3.05, 3.63) is 47.4 Å². The molecule has 0 atom stereocenters. The highest BCUT2D eigenvalue weighted by Gasteiger charge is 2.23. The summed E-state index contributed by atoms with van der Waals surface area (Å²) in [6, 6.07) is 8.70. The zero-order chi connectivity index (χ0) is 20.1. The van der Waals surface area contributed by atoms with Crippen LogP contribution in [0.4, 0.5) is 20.6 Å². The molecule has 0 aliphatic carbocycles. The Morgan fingerprint density at radius 2 is 2.00 bits per heavy atom. The number of nitrogens with one attached hydrogen (secondary N) is 1. The molecular weight excluding hydrogens is 379 g/mol. The summed E-state index contributed by atoms with van der Waals surface area (Å²) in [5, 5.41) is -0.0751. The van der Waals surface area contributed by atoms with E-state index in [0.717, 1.165) is 29.6 Å². The number of carbonyl (C=O) groups is 1. The Balaban J connectivity index is 1.57. The van der Waals surface area contributed by atoms with Crippen LogP contribution in [0.1, 0.15) is 18.2 Å². The zero-order valence-corrected chi connectivity index (χ0v) is 17.2. The van der Waals surface area contributed by atoms with Gasteiger partial charge in [-0.3, -0.25) is 4.79 Å². The maximum absolute atomic E-state index is 13.9. The van der Waals surface area contributed by atoms with E-state index in [-0.39, 0.29) is 11.1 Å². The fourth-order valence-corrected chi connectivity index (χ4v) is 3.87. The number of carbonyl (C=O) groups excluding carboxylic acids is 1. The topological polar surface area (TPSA) is 57.7 Å². The van der Waals surface area contributed by atoms with Gasteiger partial charge in [-0.1, -0.05) is 19.1 Å². The van der Waals surface area contributed by atoms with Gasteiger partial charge in [-0.15, -0.1) is 0 Å². The molecule has 0 unspecified atom stereocenters. The van der Waals surface area contributed by atoms with E-state index in [1.165, 1.54) is 6.07 Å². The van der Waals surface area contributed by atoms with Crippen LogP contribution in [0.15, 0.2) is 30.3 Å². The number of amides is 1. The predicted octanol–water partition coefficient (Wildman–Crippen LogP) is 4.10. The van der Waals surface area contributed by atoms with Gasteiger partial charge < -0.3 is 19.3 Å². The molecule has 1 saturated heterocycles. The smallest absolute Gasteiger partial charge is 0.302 e. The molecule has 1 amide bonds. The highest BCUT2D eigenvalue weighted by Crippen LogP contribution is 2.28. The number of rotatable bonds is 5. The minimum atomic E-state index is -0.232. The van der Waals surface area contributed by atoms with Crippen molar-refractivity contribution in [2.45, 2.75) is 20.3 Å². The second kappa shape index (κ2) is 9.14. The van der Waals surface area contributed by atoms with Gasteiger partial charge in [-0.05, 0) is 37.1 Å². The number of aryl methyl sites for hydroxylation is 2. The molecule has 8 heteroatoms. The average molecular weight is 405 g/mol. The summed E-state index contributed by atoms with van der Waals surface area (Å²) in [4.78, 5) is 20.8. The van der Waals surface area contributed by atoms with E-state index in [1.807, 2.05) is 24.0 Å². The third-order valence-corrected chi connectivity index (χ3v) is 5.59. The lowest BCUT2D eigenvalue weighted by atomic mass is 10.1. The normalized spacial score (nSPS) is 14.1. The Bertz CT molecular complexity index is 841. The molecule has 1 fully saturated rings. The summed E-state index contributed by atoms with van der Waals surface area (Å²) < 4.78 is 22.3. The number of piperazine rings is 1. The quantitative estimate of drug-likeness (QED) is 0.757. The Morgan fingerprint density at radius 1 is 1.29 bits per heavy atom. The highest BCUT2D eigenvalue weighted by atomic mass is 32.2. The van der Waals surface area contributed by atoms with Crippen LogP contribution in [-0.4, -0.2) is 48.4 Å². The van der Waals surface area contributed by atoms with Crippen molar-refractivity contribution in [2.75, 3.05) is 42.9 Å². The molecule has 1 aromatic carbocycles. The van der Waals surface area contributed by atoms with Crippen molar-refractivity contribution < 1.29 is 13.9 Å². The molecule has 1 N–H and O–H groups in total. The van der Waals surface area contributed by atoms with Gasteiger partial charge in [-0.2, -0.15) is 0 Å². The van der Waals surface area contributed by atoms with Crippen molar-refractivity contribution in [3.63, 3.8) is 0 Å². The number of pyridine rings is 1.